The Morgan fingerprint density at radius 1 is 1.28 bits per heavy atom. The largest absolute Gasteiger partial charge is 0.481 e. The highest BCUT2D eigenvalue weighted by molar-refractivity contribution is 5.69. The third kappa shape index (κ3) is 2.17. The second-order valence-electron chi connectivity index (χ2n) is 3.42. The summed E-state index contributed by atoms with van der Waals surface area (Å²) in [6, 6.07) is 1.72. The monoisotopic (exact) mass is 257 g/mol. The fourth-order valence-electron chi connectivity index (χ4n) is 1.34. The van der Waals surface area contributed by atoms with Crippen LogP contribution in [0.3, 0.4) is 0 Å². The molecule has 0 radical (unpaired) electrons. The topological polar surface area (TPSA) is 68.0 Å². The number of carboxylic acids is 1. The average molecular weight is 257 g/mol. The van der Waals surface area contributed by atoms with E-state index >= 15 is 0 Å². The van der Waals surface area contributed by atoms with Gasteiger partial charge in [0.2, 0.25) is 0 Å². The van der Waals surface area contributed by atoms with Crippen LogP contribution >= 0.6 is 0 Å². The normalized spacial score (nSPS) is 10.6. The van der Waals surface area contributed by atoms with E-state index in [-0.39, 0.29) is 11.4 Å². The van der Waals surface area contributed by atoms with Crippen molar-refractivity contribution in [2.24, 2.45) is 0 Å². The van der Waals surface area contributed by atoms with Gasteiger partial charge in [-0.15, -0.1) is 5.10 Å². The Kier molecular flexibility index (Phi) is 3.00. The number of hydrogen-bond donors (Lipinski definition) is 1. The van der Waals surface area contributed by atoms with E-state index in [2.05, 4.69) is 10.3 Å². The van der Waals surface area contributed by atoms with E-state index in [0.29, 0.717) is 0 Å². The number of nitrogens with zero attached hydrogens (tertiary/aromatic N) is 3. The van der Waals surface area contributed by atoms with Gasteiger partial charge in [0.15, 0.2) is 17.5 Å². The molecule has 0 atom stereocenters. The van der Waals surface area contributed by atoms with Gasteiger partial charge >= 0.3 is 5.97 Å². The van der Waals surface area contributed by atoms with Gasteiger partial charge in [0.05, 0.1) is 18.3 Å². The van der Waals surface area contributed by atoms with E-state index in [1.807, 2.05) is 0 Å². The summed E-state index contributed by atoms with van der Waals surface area (Å²) in [5.41, 5.74) is -0.273. The minimum absolute atomic E-state index is 0.0756. The number of halogens is 3. The number of hydrogen-bond acceptors (Lipinski definition) is 3. The van der Waals surface area contributed by atoms with Crippen molar-refractivity contribution >= 4 is 5.97 Å². The standard InChI is InChI=1S/C10H6F3N3O2/c11-6-1-2-7(10(13)9(6)12)16-4-5(14-15-16)3-8(17)18/h1-2,4H,3H2,(H,17,18). The lowest BCUT2D eigenvalue weighted by Gasteiger charge is -2.02. The molecule has 0 aliphatic carbocycles. The third-order valence-corrected chi connectivity index (χ3v) is 2.13. The SMILES string of the molecule is O=C(O)Cc1cn(-c2ccc(F)c(F)c2F)nn1. The summed E-state index contributed by atoms with van der Waals surface area (Å²) in [4.78, 5) is 10.4. The summed E-state index contributed by atoms with van der Waals surface area (Å²) in [5.74, 6) is -5.49. The maximum absolute atomic E-state index is 13.4. The van der Waals surface area contributed by atoms with E-state index in [9.17, 15) is 18.0 Å². The van der Waals surface area contributed by atoms with E-state index in [1.54, 1.807) is 0 Å². The van der Waals surface area contributed by atoms with Gasteiger partial charge in [-0.05, 0) is 12.1 Å². The first-order valence-electron chi connectivity index (χ1n) is 4.76. The molecule has 0 amide bonds. The zero-order chi connectivity index (χ0) is 13.3. The highest BCUT2D eigenvalue weighted by Gasteiger charge is 2.16. The van der Waals surface area contributed by atoms with Crippen molar-refractivity contribution in [2.45, 2.75) is 6.42 Å². The Morgan fingerprint density at radius 2 is 2.00 bits per heavy atom. The molecule has 0 saturated heterocycles. The molecule has 2 aromatic rings. The Bertz CT molecular complexity index is 612. The highest BCUT2D eigenvalue weighted by atomic mass is 19.2. The first kappa shape index (κ1) is 12.1. The van der Waals surface area contributed by atoms with Crippen LogP contribution < -0.4 is 0 Å². The van der Waals surface area contributed by atoms with Crippen LogP contribution in [-0.4, -0.2) is 26.1 Å². The van der Waals surface area contributed by atoms with Gasteiger partial charge in [-0.2, -0.15) is 0 Å². The second-order valence-corrected chi connectivity index (χ2v) is 3.42. The lowest BCUT2D eigenvalue weighted by Crippen LogP contribution is -2.02. The van der Waals surface area contributed by atoms with Crippen LogP contribution in [0.4, 0.5) is 13.2 Å². The summed E-state index contributed by atoms with van der Waals surface area (Å²) in [6.07, 6.45) is 0.731. The lowest BCUT2D eigenvalue weighted by molar-refractivity contribution is -0.136. The summed E-state index contributed by atoms with van der Waals surface area (Å²) in [5, 5.41) is 15.4. The number of benzene rings is 1. The summed E-state index contributed by atoms with van der Waals surface area (Å²) in [7, 11) is 0. The maximum atomic E-state index is 13.4. The van der Waals surface area contributed by atoms with Crippen molar-refractivity contribution in [3.05, 3.63) is 41.5 Å². The molecule has 1 N–H and O–H groups in total. The summed E-state index contributed by atoms with van der Waals surface area (Å²) < 4.78 is 39.9. The number of rotatable bonds is 3. The molecule has 0 bridgehead atoms. The van der Waals surface area contributed by atoms with Crippen molar-refractivity contribution in [2.75, 3.05) is 0 Å². The van der Waals surface area contributed by atoms with Crippen LogP contribution in [0.15, 0.2) is 18.3 Å². The molecule has 8 heteroatoms. The number of aliphatic carboxylic acids is 1. The van der Waals surface area contributed by atoms with Gasteiger partial charge in [-0.25, -0.2) is 17.9 Å². The Hall–Kier alpha value is -2.38. The van der Waals surface area contributed by atoms with Crippen LogP contribution in [0.25, 0.3) is 5.69 Å². The average Bonchev–Trinajstić information content (AvgIpc) is 2.73. The van der Waals surface area contributed by atoms with Crippen molar-refractivity contribution in [1.82, 2.24) is 15.0 Å². The molecule has 2 rings (SSSR count). The zero-order valence-electron chi connectivity index (χ0n) is 8.77. The number of carboxylic acid groups (broad SMARTS) is 1. The van der Waals surface area contributed by atoms with Gasteiger partial charge in [0.1, 0.15) is 5.69 Å². The van der Waals surface area contributed by atoms with E-state index in [0.717, 1.165) is 23.0 Å². The minimum atomic E-state index is -1.62. The van der Waals surface area contributed by atoms with Crippen molar-refractivity contribution < 1.29 is 23.1 Å². The molecule has 0 unspecified atom stereocenters. The minimum Gasteiger partial charge on any atom is -0.481 e. The molecule has 0 fully saturated rings. The fourth-order valence-corrected chi connectivity index (χ4v) is 1.34. The molecule has 0 aliphatic rings. The molecule has 0 aliphatic heterocycles. The van der Waals surface area contributed by atoms with E-state index in [4.69, 9.17) is 5.11 Å². The maximum Gasteiger partial charge on any atom is 0.309 e. The van der Waals surface area contributed by atoms with E-state index in [1.165, 1.54) is 0 Å². The smallest absolute Gasteiger partial charge is 0.309 e. The van der Waals surface area contributed by atoms with Crippen molar-refractivity contribution in [1.29, 1.82) is 0 Å². The van der Waals surface area contributed by atoms with Crippen molar-refractivity contribution in [3.63, 3.8) is 0 Å². The van der Waals surface area contributed by atoms with Crippen LogP contribution in [-0.2, 0) is 11.2 Å². The first-order valence-corrected chi connectivity index (χ1v) is 4.76. The van der Waals surface area contributed by atoms with E-state index < -0.39 is 29.8 Å². The highest BCUT2D eigenvalue weighted by Crippen LogP contribution is 2.18. The van der Waals surface area contributed by atoms with Gasteiger partial charge in [0, 0.05) is 0 Å². The molecule has 0 saturated carbocycles. The fraction of sp³-hybridized carbons (Fsp3) is 0.100. The third-order valence-electron chi connectivity index (χ3n) is 2.13. The molecule has 1 heterocycles. The van der Waals surface area contributed by atoms with Gasteiger partial charge in [-0.1, -0.05) is 5.21 Å². The lowest BCUT2D eigenvalue weighted by atomic mass is 10.3. The van der Waals surface area contributed by atoms with Gasteiger partial charge in [-0.3, -0.25) is 4.79 Å². The van der Waals surface area contributed by atoms with Gasteiger partial charge in [0.25, 0.3) is 0 Å². The quantitative estimate of drug-likeness (QED) is 0.842. The molecular formula is C10H6F3N3O2. The first-order chi connectivity index (χ1) is 8.49. The Balaban J connectivity index is 2.40. The molecule has 94 valence electrons. The number of aromatic nitrogens is 3. The Morgan fingerprint density at radius 3 is 2.67 bits per heavy atom. The summed E-state index contributed by atoms with van der Waals surface area (Å²) >= 11 is 0. The van der Waals surface area contributed by atoms with Crippen molar-refractivity contribution in [3.8, 4) is 5.69 Å². The molecule has 18 heavy (non-hydrogen) atoms. The molecule has 1 aromatic carbocycles. The number of carbonyl (C=O) groups is 1. The Labute approximate surface area is 98.5 Å². The summed E-state index contributed by atoms with van der Waals surface area (Å²) in [6.45, 7) is 0. The molecular weight excluding hydrogens is 251 g/mol. The molecule has 0 spiro atoms. The van der Waals surface area contributed by atoms with Gasteiger partial charge < -0.3 is 5.11 Å². The van der Waals surface area contributed by atoms with Crippen LogP contribution in [0, 0.1) is 17.5 Å². The van der Waals surface area contributed by atoms with Crippen LogP contribution in [0.1, 0.15) is 5.69 Å². The zero-order valence-corrected chi connectivity index (χ0v) is 8.77. The van der Waals surface area contributed by atoms with Crippen LogP contribution in [0.2, 0.25) is 0 Å². The molecule has 1 aromatic heterocycles. The molecule has 5 nitrogen and oxygen atoms in total. The van der Waals surface area contributed by atoms with Crippen LogP contribution in [0.5, 0.6) is 0 Å². The predicted octanol–water partition coefficient (Wildman–Crippen LogP) is 1.31. The second kappa shape index (κ2) is 4.47. The predicted molar refractivity (Wildman–Crippen MR) is 52.6 cm³/mol.